The van der Waals surface area contributed by atoms with Gasteiger partial charge in [0.25, 0.3) is 0 Å². The molecule has 0 atom stereocenters. The Bertz CT molecular complexity index is 355. The number of likely N-dealkylation sites (N-methyl/N-ethyl adjacent to an activating group) is 1. The Morgan fingerprint density at radius 1 is 1.47 bits per heavy atom. The van der Waals surface area contributed by atoms with Gasteiger partial charge in [0, 0.05) is 39.0 Å². The molecule has 1 fully saturated rings. The lowest BCUT2D eigenvalue weighted by molar-refractivity contribution is 0.0166. The second-order valence-electron chi connectivity index (χ2n) is 5.37. The van der Waals surface area contributed by atoms with Crippen molar-refractivity contribution in [2.75, 3.05) is 20.1 Å². The minimum absolute atomic E-state index is 0.434. The van der Waals surface area contributed by atoms with Crippen LogP contribution in [0.15, 0.2) is 12.4 Å². The number of nitrogens with zero attached hydrogens (tertiary/aromatic N) is 3. The van der Waals surface area contributed by atoms with E-state index in [-0.39, 0.29) is 0 Å². The fourth-order valence-corrected chi connectivity index (χ4v) is 2.70. The average molecular weight is 237 g/mol. The highest BCUT2D eigenvalue weighted by Gasteiger charge is 2.31. The minimum Gasteiger partial charge on any atom is -0.389 e. The second-order valence-corrected chi connectivity index (χ2v) is 5.37. The summed E-state index contributed by atoms with van der Waals surface area (Å²) in [4.78, 5) is 6.53. The predicted octanol–water partition coefficient (Wildman–Crippen LogP) is 1.20. The molecule has 0 radical (unpaired) electrons. The van der Waals surface area contributed by atoms with Gasteiger partial charge >= 0.3 is 0 Å². The standard InChI is InChI=1S/C13H23N3O/c1-15(11-13(17)6-3-4-7-13)9-5-12-14-8-10-16(12)2/h8,10,17H,3-7,9,11H2,1-2H3. The molecule has 0 bridgehead atoms. The molecule has 1 saturated carbocycles. The van der Waals surface area contributed by atoms with Crippen molar-refractivity contribution >= 4 is 0 Å². The van der Waals surface area contributed by atoms with E-state index in [1.807, 2.05) is 19.4 Å². The normalized spacial score (nSPS) is 19.1. The van der Waals surface area contributed by atoms with Gasteiger partial charge in [0.1, 0.15) is 5.82 Å². The molecule has 0 unspecified atom stereocenters. The molecule has 1 aliphatic rings. The van der Waals surface area contributed by atoms with Crippen LogP contribution in [-0.4, -0.2) is 45.3 Å². The van der Waals surface area contributed by atoms with Crippen LogP contribution in [0.3, 0.4) is 0 Å². The lowest BCUT2D eigenvalue weighted by Gasteiger charge is -2.28. The van der Waals surface area contributed by atoms with Crippen molar-refractivity contribution in [2.24, 2.45) is 7.05 Å². The fraction of sp³-hybridized carbons (Fsp3) is 0.769. The van der Waals surface area contributed by atoms with Crippen LogP contribution in [0, 0.1) is 0 Å². The fourth-order valence-electron chi connectivity index (χ4n) is 2.70. The Balaban J connectivity index is 1.78. The Kier molecular flexibility index (Phi) is 3.84. The minimum atomic E-state index is -0.434. The van der Waals surface area contributed by atoms with E-state index in [4.69, 9.17) is 0 Å². The number of aliphatic hydroxyl groups is 1. The van der Waals surface area contributed by atoms with Crippen molar-refractivity contribution in [3.63, 3.8) is 0 Å². The van der Waals surface area contributed by atoms with Crippen LogP contribution >= 0.6 is 0 Å². The van der Waals surface area contributed by atoms with Gasteiger partial charge in [-0.25, -0.2) is 4.98 Å². The summed E-state index contributed by atoms with van der Waals surface area (Å²) in [5.41, 5.74) is -0.434. The zero-order valence-electron chi connectivity index (χ0n) is 10.9. The summed E-state index contributed by atoms with van der Waals surface area (Å²) in [6, 6.07) is 0. The Hall–Kier alpha value is -0.870. The van der Waals surface area contributed by atoms with Crippen molar-refractivity contribution in [3.8, 4) is 0 Å². The maximum Gasteiger partial charge on any atom is 0.109 e. The van der Waals surface area contributed by atoms with Gasteiger partial charge in [-0.15, -0.1) is 0 Å². The lowest BCUT2D eigenvalue weighted by Crippen LogP contribution is -2.40. The molecule has 4 heteroatoms. The molecular formula is C13H23N3O. The van der Waals surface area contributed by atoms with Crippen LogP contribution in [0.2, 0.25) is 0 Å². The van der Waals surface area contributed by atoms with Crippen molar-refractivity contribution in [2.45, 2.75) is 37.7 Å². The van der Waals surface area contributed by atoms with Gasteiger partial charge < -0.3 is 14.6 Å². The number of aromatic nitrogens is 2. The summed E-state index contributed by atoms with van der Waals surface area (Å²) in [7, 11) is 4.10. The summed E-state index contributed by atoms with van der Waals surface area (Å²) < 4.78 is 2.05. The maximum absolute atomic E-state index is 10.3. The first kappa shape index (κ1) is 12.6. The van der Waals surface area contributed by atoms with Crippen LogP contribution < -0.4 is 0 Å². The van der Waals surface area contributed by atoms with Gasteiger partial charge in [-0.2, -0.15) is 0 Å². The molecule has 1 aromatic rings. The highest BCUT2D eigenvalue weighted by molar-refractivity contribution is 4.92. The zero-order valence-corrected chi connectivity index (χ0v) is 10.9. The van der Waals surface area contributed by atoms with Gasteiger partial charge in [0.05, 0.1) is 5.60 Å². The number of hydrogen-bond acceptors (Lipinski definition) is 3. The molecular weight excluding hydrogens is 214 g/mol. The van der Waals surface area contributed by atoms with Crippen LogP contribution in [-0.2, 0) is 13.5 Å². The van der Waals surface area contributed by atoms with Crippen LogP contribution in [0.25, 0.3) is 0 Å². The van der Waals surface area contributed by atoms with Crippen LogP contribution in [0.5, 0.6) is 0 Å². The molecule has 1 aliphatic carbocycles. The van der Waals surface area contributed by atoms with E-state index >= 15 is 0 Å². The van der Waals surface area contributed by atoms with Gasteiger partial charge in [0.15, 0.2) is 0 Å². The van der Waals surface area contributed by atoms with Gasteiger partial charge in [-0.1, -0.05) is 12.8 Å². The third-order valence-corrected chi connectivity index (χ3v) is 3.74. The monoisotopic (exact) mass is 237 g/mol. The predicted molar refractivity (Wildman–Crippen MR) is 67.8 cm³/mol. The number of aryl methyl sites for hydroxylation is 1. The van der Waals surface area contributed by atoms with E-state index in [2.05, 4.69) is 21.5 Å². The van der Waals surface area contributed by atoms with Crippen molar-refractivity contribution in [3.05, 3.63) is 18.2 Å². The Morgan fingerprint density at radius 3 is 2.76 bits per heavy atom. The highest BCUT2D eigenvalue weighted by Crippen LogP contribution is 2.29. The molecule has 0 spiro atoms. The lowest BCUT2D eigenvalue weighted by atomic mass is 10.0. The van der Waals surface area contributed by atoms with E-state index in [9.17, 15) is 5.11 Å². The molecule has 96 valence electrons. The number of rotatable bonds is 5. The summed E-state index contributed by atoms with van der Waals surface area (Å²) >= 11 is 0. The molecule has 1 N–H and O–H groups in total. The van der Waals surface area contributed by atoms with Gasteiger partial charge in [-0.05, 0) is 19.9 Å². The maximum atomic E-state index is 10.3. The van der Waals surface area contributed by atoms with Crippen molar-refractivity contribution in [1.82, 2.24) is 14.5 Å². The molecule has 1 heterocycles. The average Bonchev–Trinajstić information content (AvgIpc) is 2.85. The third kappa shape index (κ3) is 3.30. The SMILES string of the molecule is CN(CCc1nccn1C)CC1(O)CCCC1. The molecule has 17 heavy (non-hydrogen) atoms. The van der Waals surface area contributed by atoms with E-state index in [0.717, 1.165) is 38.2 Å². The Morgan fingerprint density at radius 2 is 2.18 bits per heavy atom. The van der Waals surface area contributed by atoms with E-state index < -0.39 is 5.60 Å². The first-order valence-electron chi connectivity index (χ1n) is 6.46. The van der Waals surface area contributed by atoms with Gasteiger partial charge in [0.2, 0.25) is 0 Å². The van der Waals surface area contributed by atoms with E-state index in [0.29, 0.717) is 0 Å². The van der Waals surface area contributed by atoms with Gasteiger partial charge in [-0.3, -0.25) is 0 Å². The number of hydrogen-bond donors (Lipinski definition) is 1. The first-order valence-corrected chi connectivity index (χ1v) is 6.46. The van der Waals surface area contributed by atoms with E-state index in [1.54, 1.807) is 0 Å². The number of imidazole rings is 1. The second kappa shape index (κ2) is 5.19. The first-order chi connectivity index (χ1) is 8.09. The van der Waals surface area contributed by atoms with Crippen molar-refractivity contribution in [1.29, 1.82) is 0 Å². The molecule has 0 aliphatic heterocycles. The quantitative estimate of drug-likeness (QED) is 0.836. The van der Waals surface area contributed by atoms with E-state index in [1.165, 1.54) is 12.8 Å². The van der Waals surface area contributed by atoms with Crippen LogP contribution in [0.1, 0.15) is 31.5 Å². The Labute approximate surface area is 103 Å². The molecule has 2 rings (SSSR count). The summed E-state index contributed by atoms with van der Waals surface area (Å²) in [5.74, 6) is 1.11. The zero-order chi connectivity index (χ0) is 12.3. The molecule has 0 amide bonds. The smallest absolute Gasteiger partial charge is 0.109 e. The molecule has 1 aromatic heterocycles. The summed E-state index contributed by atoms with van der Waals surface area (Å²) in [5, 5.41) is 10.3. The summed E-state index contributed by atoms with van der Waals surface area (Å²) in [6.45, 7) is 1.74. The molecule has 0 saturated heterocycles. The topological polar surface area (TPSA) is 41.3 Å². The van der Waals surface area contributed by atoms with Crippen molar-refractivity contribution < 1.29 is 5.11 Å². The largest absolute Gasteiger partial charge is 0.389 e. The highest BCUT2D eigenvalue weighted by atomic mass is 16.3. The van der Waals surface area contributed by atoms with Crippen LogP contribution in [0.4, 0.5) is 0 Å². The molecule has 0 aromatic carbocycles. The third-order valence-electron chi connectivity index (χ3n) is 3.74. The molecule has 4 nitrogen and oxygen atoms in total. The summed E-state index contributed by atoms with van der Waals surface area (Å²) in [6.07, 6.45) is 9.00.